The van der Waals surface area contributed by atoms with Gasteiger partial charge in [-0.15, -0.1) is 0 Å². The van der Waals surface area contributed by atoms with Crippen LogP contribution in [0.5, 0.6) is 0 Å². The van der Waals surface area contributed by atoms with E-state index in [1.54, 1.807) is 6.07 Å². The molecule has 0 aromatic heterocycles. The first-order valence-corrected chi connectivity index (χ1v) is 6.64. The van der Waals surface area contributed by atoms with Gasteiger partial charge in [0, 0.05) is 24.2 Å². The highest BCUT2D eigenvalue weighted by molar-refractivity contribution is 7.80. The van der Waals surface area contributed by atoms with Crippen LogP contribution in [0.1, 0.15) is 25.8 Å². The van der Waals surface area contributed by atoms with E-state index in [0.29, 0.717) is 4.99 Å². The second-order valence-electron chi connectivity index (χ2n) is 5.51. The molecule has 0 bridgehead atoms. The van der Waals surface area contributed by atoms with Crippen molar-refractivity contribution in [3.63, 3.8) is 0 Å². The Morgan fingerprint density at radius 2 is 2.22 bits per heavy atom. The lowest BCUT2D eigenvalue weighted by Crippen LogP contribution is -2.34. The standard InChI is InChI=1S/C14H19FN2S/c1-14(2,13(16)18)6-8-17-7-5-10-3-4-11(15)9-12(10)17/h3-4,9H,5-8H2,1-2H3,(H2,16,18). The first-order chi connectivity index (χ1) is 8.40. The lowest BCUT2D eigenvalue weighted by molar-refractivity contribution is 0.477. The number of thiocarbonyl (C=S) groups is 1. The maximum absolute atomic E-state index is 13.3. The van der Waals surface area contributed by atoms with Crippen molar-refractivity contribution in [1.29, 1.82) is 0 Å². The van der Waals surface area contributed by atoms with E-state index in [1.165, 1.54) is 11.6 Å². The van der Waals surface area contributed by atoms with E-state index in [2.05, 4.69) is 18.7 Å². The van der Waals surface area contributed by atoms with Crippen molar-refractivity contribution in [3.8, 4) is 0 Å². The molecular formula is C14H19FN2S. The molecular weight excluding hydrogens is 247 g/mol. The monoisotopic (exact) mass is 266 g/mol. The van der Waals surface area contributed by atoms with Gasteiger partial charge in [0.2, 0.25) is 0 Å². The molecule has 1 aliphatic heterocycles. The molecule has 1 aromatic carbocycles. The van der Waals surface area contributed by atoms with E-state index in [0.717, 1.165) is 31.6 Å². The Hall–Kier alpha value is -1.16. The fourth-order valence-electron chi connectivity index (χ4n) is 2.19. The van der Waals surface area contributed by atoms with Crippen LogP contribution in [0.3, 0.4) is 0 Å². The Balaban J connectivity index is 2.06. The van der Waals surface area contributed by atoms with E-state index in [-0.39, 0.29) is 11.2 Å². The predicted octanol–water partition coefficient (Wildman–Crippen LogP) is 2.89. The zero-order chi connectivity index (χ0) is 13.3. The van der Waals surface area contributed by atoms with Gasteiger partial charge in [-0.3, -0.25) is 0 Å². The molecule has 0 saturated heterocycles. The molecule has 4 heteroatoms. The summed E-state index contributed by atoms with van der Waals surface area (Å²) < 4.78 is 13.3. The van der Waals surface area contributed by atoms with Gasteiger partial charge in [0.1, 0.15) is 5.82 Å². The maximum Gasteiger partial charge on any atom is 0.125 e. The van der Waals surface area contributed by atoms with Crippen molar-refractivity contribution in [2.45, 2.75) is 26.7 Å². The lowest BCUT2D eigenvalue weighted by Gasteiger charge is -2.27. The van der Waals surface area contributed by atoms with Crippen molar-refractivity contribution < 1.29 is 4.39 Å². The number of nitrogens with two attached hydrogens (primary N) is 1. The summed E-state index contributed by atoms with van der Waals surface area (Å²) in [7, 11) is 0. The predicted molar refractivity (Wildman–Crippen MR) is 77.5 cm³/mol. The van der Waals surface area contributed by atoms with Crippen LogP contribution in [0, 0.1) is 11.2 Å². The molecule has 0 amide bonds. The summed E-state index contributed by atoms with van der Waals surface area (Å²) in [4.78, 5) is 2.76. The van der Waals surface area contributed by atoms with Crippen LogP contribution in [-0.4, -0.2) is 18.1 Å². The molecule has 2 rings (SSSR count). The molecule has 98 valence electrons. The summed E-state index contributed by atoms with van der Waals surface area (Å²) in [6, 6.07) is 5.03. The molecule has 0 radical (unpaired) electrons. The molecule has 0 saturated carbocycles. The fraction of sp³-hybridized carbons (Fsp3) is 0.500. The van der Waals surface area contributed by atoms with Gasteiger partial charge in [-0.1, -0.05) is 32.1 Å². The number of anilines is 1. The first-order valence-electron chi connectivity index (χ1n) is 6.23. The highest BCUT2D eigenvalue weighted by atomic mass is 32.1. The molecule has 18 heavy (non-hydrogen) atoms. The van der Waals surface area contributed by atoms with Crippen LogP contribution in [0.2, 0.25) is 0 Å². The molecule has 1 aliphatic rings. The van der Waals surface area contributed by atoms with Crippen molar-refractivity contribution in [3.05, 3.63) is 29.6 Å². The Kier molecular flexibility index (Phi) is 3.57. The van der Waals surface area contributed by atoms with Gasteiger partial charge in [0.25, 0.3) is 0 Å². The minimum absolute atomic E-state index is 0.147. The van der Waals surface area contributed by atoms with Gasteiger partial charge < -0.3 is 10.6 Å². The first kappa shape index (κ1) is 13.3. The van der Waals surface area contributed by atoms with E-state index in [9.17, 15) is 4.39 Å². The molecule has 1 heterocycles. The Morgan fingerprint density at radius 3 is 2.89 bits per heavy atom. The van der Waals surface area contributed by atoms with Gasteiger partial charge in [0.05, 0.1) is 4.99 Å². The SMILES string of the molecule is CC(C)(CCN1CCc2ccc(F)cc21)C(N)=S. The quantitative estimate of drug-likeness (QED) is 0.850. The summed E-state index contributed by atoms with van der Waals surface area (Å²) in [6.45, 7) is 5.92. The summed E-state index contributed by atoms with van der Waals surface area (Å²) in [5, 5.41) is 0. The molecule has 2 N–H and O–H groups in total. The third kappa shape index (κ3) is 2.64. The number of halogens is 1. The van der Waals surface area contributed by atoms with E-state index in [4.69, 9.17) is 18.0 Å². The van der Waals surface area contributed by atoms with E-state index >= 15 is 0 Å². The average molecular weight is 266 g/mol. The van der Waals surface area contributed by atoms with Crippen molar-refractivity contribution in [2.24, 2.45) is 11.1 Å². The van der Waals surface area contributed by atoms with E-state index < -0.39 is 0 Å². The Morgan fingerprint density at radius 1 is 1.50 bits per heavy atom. The zero-order valence-corrected chi connectivity index (χ0v) is 11.7. The number of hydrogen-bond acceptors (Lipinski definition) is 2. The Bertz CT molecular complexity index is 471. The summed E-state index contributed by atoms with van der Waals surface area (Å²) in [5.41, 5.74) is 7.83. The second kappa shape index (κ2) is 4.84. The van der Waals surface area contributed by atoms with E-state index in [1.807, 2.05) is 6.07 Å². The minimum Gasteiger partial charge on any atom is -0.393 e. The molecule has 1 aromatic rings. The molecule has 2 nitrogen and oxygen atoms in total. The molecule has 0 fully saturated rings. The van der Waals surface area contributed by atoms with Gasteiger partial charge in [-0.2, -0.15) is 0 Å². The highest BCUT2D eigenvalue weighted by Crippen LogP contribution is 2.30. The number of benzene rings is 1. The summed E-state index contributed by atoms with van der Waals surface area (Å²) in [5.74, 6) is -0.172. The Labute approximate surface area is 113 Å². The van der Waals surface area contributed by atoms with Crippen molar-refractivity contribution in [1.82, 2.24) is 0 Å². The van der Waals surface area contributed by atoms with Crippen LogP contribution < -0.4 is 10.6 Å². The molecule has 0 aliphatic carbocycles. The smallest absolute Gasteiger partial charge is 0.125 e. The third-order valence-corrected chi connectivity index (χ3v) is 4.27. The van der Waals surface area contributed by atoms with Gasteiger partial charge in [-0.25, -0.2) is 4.39 Å². The van der Waals surface area contributed by atoms with Crippen LogP contribution in [0.4, 0.5) is 10.1 Å². The minimum atomic E-state index is -0.172. The topological polar surface area (TPSA) is 29.3 Å². The molecule has 0 spiro atoms. The fourth-order valence-corrected chi connectivity index (χ4v) is 2.29. The molecule has 0 unspecified atom stereocenters. The third-order valence-electron chi connectivity index (χ3n) is 3.71. The lowest BCUT2D eigenvalue weighted by atomic mass is 9.89. The van der Waals surface area contributed by atoms with Crippen LogP contribution in [0.15, 0.2) is 18.2 Å². The highest BCUT2D eigenvalue weighted by Gasteiger charge is 2.25. The second-order valence-corrected chi connectivity index (χ2v) is 5.95. The zero-order valence-electron chi connectivity index (χ0n) is 10.9. The van der Waals surface area contributed by atoms with Crippen molar-refractivity contribution >= 4 is 22.9 Å². The molecule has 0 atom stereocenters. The van der Waals surface area contributed by atoms with Gasteiger partial charge >= 0.3 is 0 Å². The van der Waals surface area contributed by atoms with Crippen molar-refractivity contribution in [2.75, 3.05) is 18.0 Å². The van der Waals surface area contributed by atoms with Crippen LogP contribution >= 0.6 is 12.2 Å². The van der Waals surface area contributed by atoms with Gasteiger partial charge in [-0.05, 0) is 30.5 Å². The summed E-state index contributed by atoms with van der Waals surface area (Å²) in [6.07, 6.45) is 1.88. The summed E-state index contributed by atoms with van der Waals surface area (Å²) >= 11 is 5.07. The number of fused-ring (bicyclic) bond motifs is 1. The number of nitrogens with zero attached hydrogens (tertiary/aromatic N) is 1. The maximum atomic E-state index is 13.3. The normalized spacial score (nSPS) is 14.7. The van der Waals surface area contributed by atoms with Crippen LogP contribution in [-0.2, 0) is 6.42 Å². The number of hydrogen-bond donors (Lipinski definition) is 1. The van der Waals surface area contributed by atoms with Gasteiger partial charge in [0.15, 0.2) is 0 Å². The average Bonchev–Trinajstić information content (AvgIpc) is 2.68. The van der Waals surface area contributed by atoms with Crippen LogP contribution in [0.25, 0.3) is 0 Å². The largest absolute Gasteiger partial charge is 0.393 e. The number of rotatable bonds is 4.